The van der Waals surface area contributed by atoms with Gasteiger partial charge in [0.25, 0.3) is 5.69 Å². The normalized spacial score (nSPS) is 12.0. The van der Waals surface area contributed by atoms with E-state index in [9.17, 15) is 15.2 Å². The summed E-state index contributed by atoms with van der Waals surface area (Å²) in [6.07, 6.45) is -0.717. The first-order chi connectivity index (χ1) is 10.0. The number of aryl methyl sites for hydroxylation is 2. The molecule has 0 spiro atoms. The van der Waals surface area contributed by atoms with Crippen LogP contribution in [0.3, 0.4) is 0 Å². The highest BCUT2D eigenvalue weighted by atomic mass is 16.6. The summed E-state index contributed by atoms with van der Waals surface area (Å²) in [5.41, 5.74) is 3.07. The van der Waals surface area contributed by atoms with Crippen molar-refractivity contribution in [3.8, 4) is 0 Å². The number of nitrogens with zero attached hydrogens (tertiary/aromatic N) is 1. The Morgan fingerprint density at radius 3 is 2.48 bits per heavy atom. The fourth-order valence-corrected chi connectivity index (χ4v) is 2.30. The summed E-state index contributed by atoms with van der Waals surface area (Å²) in [7, 11) is 0. The number of benzene rings is 2. The second kappa shape index (κ2) is 6.37. The van der Waals surface area contributed by atoms with E-state index in [0.29, 0.717) is 5.69 Å². The molecule has 5 nitrogen and oxygen atoms in total. The van der Waals surface area contributed by atoms with Gasteiger partial charge in [0.15, 0.2) is 0 Å². The van der Waals surface area contributed by atoms with Gasteiger partial charge in [-0.05, 0) is 30.5 Å². The van der Waals surface area contributed by atoms with Crippen molar-refractivity contribution in [3.05, 3.63) is 69.3 Å². The number of nitro benzene ring substituents is 1. The van der Waals surface area contributed by atoms with E-state index in [1.165, 1.54) is 6.07 Å². The van der Waals surface area contributed by atoms with Crippen LogP contribution >= 0.6 is 0 Å². The van der Waals surface area contributed by atoms with Crippen LogP contribution < -0.4 is 5.32 Å². The number of aliphatic hydroxyl groups is 1. The summed E-state index contributed by atoms with van der Waals surface area (Å²) >= 11 is 0. The minimum Gasteiger partial charge on any atom is -0.387 e. The van der Waals surface area contributed by atoms with E-state index >= 15 is 0 Å². The van der Waals surface area contributed by atoms with Crippen molar-refractivity contribution in [2.75, 3.05) is 11.9 Å². The third kappa shape index (κ3) is 3.38. The predicted octanol–water partition coefficient (Wildman–Crippen LogP) is 3.36. The quantitative estimate of drug-likeness (QED) is 0.653. The van der Waals surface area contributed by atoms with Crippen LogP contribution in [0.1, 0.15) is 22.8 Å². The summed E-state index contributed by atoms with van der Waals surface area (Å²) in [5.74, 6) is 0. The van der Waals surface area contributed by atoms with Gasteiger partial charge in [0, 0.05) is 12.6 Å². The molecule has 0 aromatic heterocycles. The van der Waals surface area contributed by atoms with E-state index in [2.05, 4.69) is 5.32 Å². The minimum atomic E-state index is -0.717. The summed E-state index contributed by atoms with van der Waals surface area (Å²) in [6.45, 7) is 3.95. The van der Waals surface area contributed by atoms with Gasteiger partial charge in [0.1, 0.15) is 5.69 Å². The molecule has 0 saturated carbocycles. The predicted molar refractivity (Wildman–Crippen MR) is 82.5 cm³/mol. The lowest BCUT2D eigenvalue weighted by molar-refractivity contribution is -0.384. The van der Waals surface area contributed by atoms with Gasteiger partial charge in [0.2, 0.25) is 0 Å². The Kier molecular flexibility index (Phi) is 4.55. The van der Waals surface area contributed by atoms with Gasteiger partial charge >= 0.3 is 0 Å². The molecule has 0 aliphatic heterocycles. The molecule has 1 atom stereocenters. The number of para-hydroxylation sites is 1. The average molecular weight is 286 g/mol. The van der Waals surface area contributed by atoms with Gasteiger partial charge in [-0.1, -0.05) is 36.4 Å². The zero-order valence-corrected chi connectivity index (χ0v) is 12.0. The first kappa shape index (κ1) is 15.0. The molecule has 2 aromatic carbocycles. The van der Waals surface area contributed by atoms with Crippen LogP contribution in [0, 0.1) is 24.0 Å². The number of aliphatic hydroxyl groups excluding tert-OH is 1. The monoisotopic (exact) mass is 286 g/mol. The van der Waals surface area contributed by atoms with Gasteiger partial charge in [-0.15, -0.1) is 0 Å². The number of nitro groups is 1. The SMILES string of the molecule is Cc1ccccc1C(O)CNc1c(C)cccc1[N+](=O)[O-]. The highest BCUT2D eigenvalue weighted by Crippen LogP contribution is 2.28. The molecule has 2 aromatic rings. The van der Waals surface area contributed by atoms with Crippen molar-refractivity contribution >= 4 is 11.4 Å². The van der Waals surface area contributed by atoms with Crippen molar-refractivity contribution < 1.29 is 10.0 Å². The zero-order chi connectivity index (χ0) is 15.4. The van der Waals surface area contributed by atoms with E-state index < -0.39 is 11.0 Å². The van der Waals surface area contributed by atoms with Crippen molar-refractivity contribution in [2.45, 2.75) is 20.0 Å². The van der Waals surface area contributed by atoms with Crippen LogP contribution in [-0.2, 0) is 0 Å². The summed E-state index contributed by atoms with van der Waals surface area (Å²) < 4.78 is 0. The Morgan fingerprint density at radius 1 is 1.14 bits per heavy atom. The molecule has 1 unspecified atom stereocenters. The average Bonchev–Trinajstić information content (AvgIpc) is 2.45. The Balaban J connectivity index is 2.17. The van der Waals surface area contributed by atoms with Crippen LogP contribution in [0.5, 0.6) is 0 Å². The van der Waals surface area contributed by atoms with Gasteiger partial charge in [-0.3, -0.25) is 10.1 Å². The van der Waals surface area contributed by atoms with Crippen LogP contribution in [0.15, 0.2) is 42.5 Å². The molecule has 21 heavy (non-hydrogen) atoms. The maximum absolute atomic E-state index is 11.0. The molecular formula is C16H18N2O3. The molecule has 2 N–H and O–H groups in total. The van der Waals surface area contributed by atoms with Crippen molar-refractivity contribution in [1.82, 2.24) is 0 Å². The van der Waals surface area contributed by atoms with E-state index in [0.717, 1.165) is 16.7 Å². The van der Waals surface area contributed by atoms with Crippen LogP contribution in [-0.4, -0.2) is 16.6 Å². The molecule has 0 fully saturated rings. The molecule has 110 valence electrons. The topological polar surface area (TPSA) is 75.4 Å². The molecule has 0 saturated heterocycles. The Hall–Kier alpha value is -2.40. The third-order valence-electron chi connectivity index (χ3n) is 3.47. The maximum Gasteiger partial charge on any atom is 0.292 e. The fraction of sp³-hybridized carbons (Fsp3) is 0.250. The molecule has 5 heteroatoms. The van der Waals surface area contributed by atoms with E-state index in [4.69, 9.17) is 0 Å². The van der Waals surface area contributed by atoms with Gasteiger partial charge in [-0.2, -0.15) is 0 Å². The number of rotatable bonds is 5. The van der Waals surface area contributed by atoms with Crippen LogP contribution in [0.25, 0.3) is 0 Å². The Labute approximate surface area is 123 Å². The lowest BCUT2D eigenvalue weighted by Gasteiger charge is -2.16. The first-order valence-electron chi connectivity index (χ1n) is 6.72. The highest BCUT2D eigenvalue weighted by Gasteiger charge is 2.17. The van der Waals surface area contributed by atoms with E-state index in [-0.39, 0.29) is 12.2 Å². The van der Waals surface area contributed by atoms with E-state index in [1.54, 1.807) is 19.1 Å². The molecule has 0 amide bonds. The molecule has 0 bridgehead atoms. The van der Waals surface area contributed by atoms with Gasteiger partial charge in [-0.25, -0.2) is 0 Å². The summed E-state index contributed by atoms with van der Waals surface area (Å²) in [5, 5.41) is 24.3. The molecule has 0 aliphatic rings. The lowest BCUT2D eigenvalue weighted by Crippen LogP contribution is -2.14. The number of hydrogen-bond donors (Lipinski definition) is 2. The first-order valence-corrected chi connectivity index (χ1v) is 6.72. The largest absolute Gasteiger partial charge is 0.387 e. The second-order valence-corrected chi connectivity index (χ2v) is 4.98. The zero-order valence-electron chi connectivity index (χ0n) is 12.0. The maximum atomic E-state index is 11.0. The third-order valence-corrected chi connectivity index (χ3v) is 3.47. The Morgan fingerprint density at radius 2 is 1.81 bits per heavy atom. The minimum absolute atomic E-state index is 0.0204. The van der Waals surface area contributed by atoms with Gasteiger partial charge in [0.05, 0.1) is 11.0 Å². The van der Waals surface area contributed by atoms with Crippen LogP contribution in [0.4, 0.5) is 11.4 Å². The van der Waals surface area contributed by atoms with Crippen LogP contribution in [0.2, 0.25) is 0 Å². The number of nitrogens with one attached hydrogen (secondary N) is 1. The molecular weight excluding hydrogens is 268 g/mol. The Bertz CT molecular complexity index is 656. The standard InChI is InChI=1S/C16H18N2O3/c1-11-6-3-4-8-13(11)15(19)10-17-16-12(2)7-5-9-14(16)18(20)21/h3-9,15,17,19H,10H2,1-2H3. The fourth-order valence-electron chi connectivity index (χ4n) is 2.30. The second-order valence-electron chi connectivity index (χ2n) is 4.98. The highest BCUT2D eigenvalue weighted by molar-refractivity contribution is 5.66. The molecule has 0 aliphatic carbocycles. The van der Waals surface area contributed by atoms with E-state index in [1.807, 2.05) is 31.2 Å². The van der Waals surface area contributed by atoms with Crippen molar-refractivity contribution in [3.63, 3.8) is 0 Å². The van der Waals surface area contributed by atoms with Crippen molar-refractivity contribution in [2.24, 2.45) is 0 Å². The summed E-state index contributed by atoms with van der Waals surface area (Å²) in [4.78, 5) is 10.6. The van der Waals surface area contributed by atoms with Crippen molar-refractivity contribution in [1.29, 1.82) is 0 Å². The van der Waals surface area contributed by atoms with Gasteiger partial charge < -0.3 is 10.4 Å². The summed E-state index contributed by atoms with van der Waals surface area (Å²) in [6, 6.07) is 12.5. The number of hydrogen-bond acceptors (Lipinski definition) is 4. The number of anilines is 1. The molecule has 0 radical (unpaired) electrons. The lowest BCUT2D eigenvalue weighted by atomic mass is 10.0. The molecule has 2 rings (SSSR count). The molecule has 0 heterocycles. The smallest absolute Gasteiger partial charge is 0.292 e.